The lowest BCUT2D eigenvalue weighted by molar-refractivity contribution is 0.186. The lowest BCUT2D eigenvalue weighted by Crippen LogP contribution is -2.26. The van der Waals surface area contributed by atoms with Crippen molar-refractivity contribution in [2.75, 3.05) is 6.54 Å². The van der Waals surface area contributed by atoms with Gasteiger partial charge >= 0.3 is 0 Å². The molecule has 2 aromatic rings. The van der Waals surface area contributed by atoms with Crippen molar-refractivity contribution in [2.45, 2.75) is 24.3 Å². The summed E-state index contributed by atoms with van der Waals surface area (Å²) in [5.41, 5.74) is 0. The second-order valence-electron chi connectivity index (χ2n) is 4.63. The molecule has 0 bridgehead atoms. The van der Waals surface area contributed by atoms with E-state index in [0.717, 1.165) is 0 Å². The summed E-state index contributed by atoms with van der Waals surface area (Å²) in [5.74, 6) is 0. The van der Waals surface area contributed by atoms with Gasteiger partial charge in [0.1, 0.15) is 0 Å². The molecule has 0 aliphatic heterocycles. The largest absolute Gasteiger partial charge is 0.393 e. The number of aliphatic hydroxyl groups excluding tert-OH is 1. The number of rotatable bonds is 5. The Bertz CT molecular complexity index is 713. The Morgan fingerprint density at radius 2 is 1.85 bits per heavy atom. The van der Waals surface area contributed by atoms with Gasteiger partial charge in [0, 0.05) is 22.3 Å². The number of halogens is 1. The molecule has 4 nitrogen and oxygen atoms in total. The van der Waals surface area contributed by atoms with Crippen LogP contribution in [0.5, 0.6) is 0 Å². The molecule has 0 amide bonds. The molecule has 0 fully saturated rings. The number of benzene rings is 2. The molecule has 0 saturated carbocycles. The van der Waals surface area contributed by atoms with Crippen molar-refractivity contribution in [3.05, 3.63) is 41.4 Å². The lowest BCUT2D eigenvalue weighted by atomic mass is 10.1. The smallest absolute Gasteiger partial charge is 0.241 e. The second kappa shape index (κ2) is 6.10. The number of aliphatic hydroxyl groups is 1. The molecule has 1 atom stereocenters. The van der Waals surface area contributed by atoms with Crippen LogP contribution in [-0.4, -0.2) is 26.2 Å². The Morgan fingerprint density at radius 1 is 1.20 bits per heavy atom. The fraction of sp³-hybridized carbons (Fsp3) is 0.286. The summed E-state index contributed by atoms with van der Waals surface area (Å²) in [7, 11) is -3.62. The fourth-order valence-corrected chi connectivity index (χ4v) is 3.43. The first-order chi connectivity index (χ1) is 9.42. The van der Waals surface area contributed by atoms with Crippen molar-refractivity contribution in [1.29, 1.82) is 0 Å². The van der Waals surface area contributed by atoms with Crippen molar-refractivity contribution in [1.82, 2.24) is 4.72 Å². The van der Waals surface area contributed by atoms with Crippen LogP contribution in [0.2, 0.25) is 5.02 Å². The number of sulfonamides is 1. The maximum atomic E-state index is 12.3. The summed E-state index contributed by atoms with van der Waals surface area (Å²) in [6.07, 6.45) is -0.176. The Hall–Kier alpha value is -1.14. The zero-order chi connectivity index (χ0) is 14.8. The zero-order valence-electron chi connectivity index (χ0n) is 11.0. The molecule has 0 saturated heterocycles. The van der Waals surface area contributed by atoms with E-state index in [0.29, 0.717) is 22.2 Å². The Morgan fingerprint density at radius 3 is 2.50 bits per heavy atom. The molecule has 0 spiro atoms. The fourth-order valence-electron chi connectivity index (χ4n) is 1.95. The van der Waals surface area contributed by atoms with Crippen LogP contribution in [0.25, 0.3) is 10.8 Å². The summed E-state index contributed by atoms with van der Waals surface area (Å²) in [5, 5.41) is 11.0. The predicted octanol–water partition coefficient (Wildman–Crippen LogP) is 2.54. The average Bonchev–Trinajstić information content (AvgIpc) is 2.38. The van der Waals surface area contributed by atoms with Gasteiger partial charge in [-0.15, -0.1) is 0 Å². The Kier molecular flexibility index (Phi) is 4.65. The molecular weight excluding hydrogens is 298 g/mol. The van der Waals surface area contributed by atoms with Gasteiger partial charge in [-0.05, 0) is 25.5 Å². The van der Waals surface area contributed by atoms with Gasteiger partial charge in [0.2, 0.25) is 10.0 Å². The second-order valence-corrected chi connectivity index (χ2v) is 6.77. The Balaban J connectivity index is 2.40. The molecule has 0 aliphatic carbocycles. The summed E-state index contributed by atoms with van der Waals surface area (Å²) in [6, 6.07) is 10.2. The van der Waals surface area contributed by atoms with E-state index in [1.165, 1.54) is 6.07 Å². The molecule has 0 radical (unpaired) electrons. The predicted molar refractivity (Wildman–Crippen MR) is 80.4 cm³/mol. The first kappa shape index (κ1) is 15.3. The summed E-state index contributed by atoms with van der Waals surface area (Å²) in [6.45, 7) is 1.81. The van der Waals surface area contributed by atoms with Gasteiger partial charge in [0.25, 0.3) is 0 Å². The van der Waals surface area contributed by atoms with Crippen LogP contribution >= 0.6 is 11.6 Å². The Labute approximate surface area is 123 Å². The van der Waals surface area contributed by atoms with Gasteiger partial charge < -0.3 is 5.11 Å². The number of hydrogen-bond donors (Lipinski definition) is 2. The van der Waals surface area contributed by atoms with E-state index >= 15 is 0 Å². The van der Waals surface area contributed by atoms with Crippen LogP contribution < -0.4 is 4.72 Å². The SMILES string of the molecule is CC(O)CCNS(=O)(=O)c1ccc(Cl)c2ccccc12. The van der Waals surface area contributed by atoms with Gasteiger partial charge in [0.15, 0.2) is 0 Å². The normalized spacial score (nSPS) is 13.6. The summed E-state index contributed by atoms with van der Waals surface area (Å²) >= 11 is 6.08. The highest BCUT2D eigenvalue weighted by molar-refractivity contribution is 7.89. The van der Waals surface area contributed by atoms with E-state index in [1.807, 2.05) is 6.07 Å². The molecule has 0 aliphatic rings. The molecule has 1 unspecified atom stereocenters. The van der Waals surface area contributed by atoms with E-state index in [9.17, 15) is 13.5 Å². The van der Waals surface area contributed by atoms with Crippen molar-refractivity contribution in [3.63, 3.8) is 0 Å². The first-order valence-electron chi connectivity index (χ1n) is 6.27. The van der Waals surface area contributed by atoms with Crippen molar-refractivity contribution in [2.24, 2.45) is 0 Å². The minimum atomic E-state index is -3.62. The van der Waals surface area contributed by atoms with E-state index in [-0.39, 0.29) is 11.4 Å². The number of nitrogens with one attached hydrogen (secondary N) is 1. The molecular formula is C14H16ClNO3S. The van der Waals surface area contributed by atoms with Crippen LogP contribution in [0.1, 0.15) is 13.3 Å². The number of hydrogen-bond acceptors (Lipinski definition) is 3. The standard InChI is InChI=1S/C14H16ClNO3S/c1-10(17)8-9-16-20(18,19)14-7-6-13(15)11-4-2-3-5-12(11)14/h2-7,10,16-17H,8-9H2,1H3. The summed E-state index contributed by atoms with van der Waals surface area (Å²) in [4.78, 5) is 0.197. The highest BCUT2D eigenvalue weighted by Crippen LogP contribution is 2.28. The summed E-state index contributed by atoms with van der Waals surface area (Å²) < 4.78 is 27.1. The maximum Gasteiger partial charge on any atom is 0.241 e. The molecule has 20 heavy (non-hydrogen) atoms. The average molecular weight is 314 g/mol. The topological polar surface area (TPSA) is 66.4 Å². The van der Waals surface area contributed by atoms with Crippen LogP contribution in [0.4, 0.5) is 0 Å². The monoisotopic (exact) mass is 313 g/mol. The van der Waals surface area contributed by atoms with Gasteiger partial charge in [-0.2, -0.15) is 0 Å². The molecule has 108 valence electrons. The van der Waals surface area contributed by atoms with E-state index in [4.69, 9.17) is 11.6 Å². The van der Waals surface area contributed by atoms with Gasteiger partial charge in [-0.3, -0.25) is 0 Å². The van der Waals surface area contributed by atoms with E-state index in [1.54, 1.807) is 31.2 Å². The highest BCUT2D eigenvalue weighted by Gasteiger charge is 2.17. The van der Waals surface area contributed by atoms with E-state index < -0.39 is 16.1 Å². The van der Waals surface area contributed by atoms with Crippen molar-refractivity contribution in [3.8, 4) is 0 Å². The number of fused-ring (bicyclic) bond motifs is 1. The highest BCUT2D eigenvalue weighted by atomic mass is 35.5. The maximum absolute atomic E-state index is 12.3. The van der Waals surface area contributed by atoms with Crippen LogP contribution in [-0.2, 0) is 10.0 Å². The lowest BCUT2D eigenvalue weighted by Gasteiger charge is -2.11. The van der Waals surface area contributed by atoms with Crippen molar-refractivity contribution < 1.29 is 13.5 Å². The van der Waals surface area contributed by atoms with Crippen molar-refractivity contribution >= 4 is 32.4 Å². The third kappa shape index (κ3) is 3.30. The zero-order valence-corrected chi connectivity index (χ0v) is 12.6. The molecule has 2 rings (SSSR count). The minimum absolute atomic E-state index is 0.191. The van der Waals surface area contributed by atoms with Crippen LogP contribution in [0, 0.1) is 0 Å². The molecule has 2 N–H and O–H groups in total. The third-order valence-corrected chi connectivity index (χ3v) is 4.82. The molecule has 0 aromatic heterocycles. The quantitative estimate of drug-likeness (QED) is 0.891. The molecule has 2 aromatic carbocycles. The molecule has 6 heteroatoms. The van der Waals surface area contributed by atoms with E-state index in [2.05, 4.69) is 4.72 Å². The van der Waals surface area contributed by atoms with Gasteiger partial charge in [0.05, 0.1) is 11.0 Å². The van der Waals surface area contributed by atoms with Crippen LogP contribution in [0.15, 0.2) is 41.3 Å². The van der Waals surface area contributed by atoms with Crippen LogP contribution in [0.3, 0.4) is 0 Å². The first-order valence-corrected chi connectivity index (χ1v) is 8.13. The van der Waals surface area contributed by atoms with Gasteiger partial charge in [-0.1, -0.05) is 35.9 Å². The van der Waals surface area contributed by atoms with Gasteiger partial charge in [-0.25, -0.2) is 13.1 Å². The molecule has 0 heterocycles. The minimum Gasteiger partial charge on any atom is -0.393 e. The third-order valence-electron chi connectivity index (χ3n) is 2.97.